The Kier molecular flexibility index (Phi) is 2.91. The molecule has 0 spiro atoms. The number of halogens is 1. The van der Waals surface area contributed by atoms with Crippen LogP contribution in [0.4, 0.5) is 5.82 Å². The van der Waals surface area contributed by atoms with Gasteiger partial charge in [-0.05, 0) is 43.7 Å². The lowest BCUT2D eigenvalue weighted by Crippen LogP contribution is -2.01. The van der Waals surface area contributed by atoms with Gasteiger partial charge in [0.25, 0.3) is 0 Å². The van der Waals surface area contributed by atoms with Gasteiger partial charge in [-0.2, -0.15) is 0 Å². The SMILES string of the molecule is CCNc1nc2ccc(Br)cc2cc1C. The van der Waals surface area contributed by atoms with Crippen LogP contribution < -0.4 is 5.32 Å². The lowest BCUT2D eigenvalue weighted by Gasteiger charge is -2.08. The number of nitrogens with zero attached hydrogens (tertiary/aromatic N) is 1. The van der Waals surface area contributed by atoms with E-state index in [0.29, 0.717) is 0 Å². The number of hydrogen-bond acceptors (Lipinski definition) is 2. The average Bonchev–Trinajstić information content (AvgIpc) is 2.20. The van der Waals surface area contributed by atoms with E-state index in [1.807, 2.05) is 12.1 Å². The van der Waals surface area contributed by atoms with Crippen molar-refractivity contribution in [3.05, 3.63) is 34.3 Å². The van der Waals surface area contributed by atoms with Crippen molar-refractivity contribution in [3.63, 3.8) is 0 Å². The highest BCUT2D eigenvalue weighted by molar-refractivity contribution is 9.10. The zero-order valence-electron chi connectivity index (χ0n) is 8.84. The van der Waals surface area contributed by atoms with Crippen LogP contribution in [0, 0.1) is 6.92 Å². The van der Waals surface area contributed by atoms with Crippen LogP contribution in [0.15, 0.2) is 28.7 Å². The van der Waals surface area contributed by atoms with E-state index < -0.39 is 0 Å². The summed E-state index contributed by atoms with van der Waals surface area (Å²) in [5, 5.41) is 4.43. The fourth-order valence-corrected chi connectivity index (χ4v) is 1.98. The number of pyridine rings is 1. The minimum Gasteiger partial charge on any atom is -0.370 e. The Bertz CT molecular complexity index is 494. The summed E-state index contributed by atoms with van der Waals surface area (Å²) < 4.78 is 1.09. The Balaban J connectivity index is 2.60. The van der Waals surface area contributed by atoms with E-state index in [2.05, 4.69) is 52.2 Å². The van der Waals surface area contributed by atoms with Crippen LogP contribution >= 0.6 is 15.9 Å². The van der Waals surface area contributed by atoms with Crippen LogP contribution in [0.3, 0.4) is 0 Å². The maximum Gasteiger partial charge on any atom is 0.129 e. The van der Waals surface area contributed by atoms with Crippen LogP contribution in [0.1, 0.15) is 12.5 Å². The van der Waals surface area contributed by atoms with Gasteiger partial charge >= 0.3 is 0 Å². The molecule has 1 heterocycles. The summed E-state index contributed by atoms with van der Waals surface area (Å²) in [7, 11) is 0. The van der Waals surface area contributed by atoms with Crippen molar-refractivity contribution >= 4 is 32.7 Å². The third-order valence-corrected chi connectivity index (χ3v) is 2.80. The highest BCUT2D eigenvalue weighted by atomic mass is 79.9. The number of rotatable bonds is 2. The van der Waals surface area contributed by atoms with Crippen LogP contribution in [0.25, 0.3) is 10.9 Å². The van der Waals surface area contributed by atoms with E-state index in [9.17, 15) is 0 Å². The third-order valence-electron chi connectivity index (χ3n) is 2.31. The van der Waals surface area contributed by atoms with Gasteiger partial charge < -0.3 is 5.32 Å². The Morgan fingerprint density at radius 3 is 2.87 bits per heavy atom. The lowest BCUT2D eigenvalue weighted by molar-refractivity contribution is 1.16. The molecule has 0 unspecified atom stereocenters. The molecule has 0 bridgehead atoms. The Labute approximate surface area is 97.8 Å². The van der Waals surface area contributed by atoms with Crippen molar-refractivity contribution in [2.45, 2.75) is 13.8 Å². The zero-order chi connectivity index (χ0) is 10.8. The standard InChI is InChI=1S/C12H13BrN2/c1-3-14-12-8(2)6-9-7-10(13)4-5-11(9)15-12/h4-7H,3H2,1-2H3,(H,14,15). The molecule has 1 N–H and O–H groups in total. The number of fused-ring (bicyclic) bond motifs is 1. The minimum absolute atomic E-state index is 0.899. The predicted octanol–water partition coefficient (Wildman–Crippen LogP) is 3.74. The van der Waals surface area contributed by atoms with Gasteiger partial charge in [-0.1, -0.05) is 15.9 Å². The minimum atomic E-state index is 0.899. The van der Waals surface area contributed by atoms with Gasteiger partial charge in [0, 0.05) is 16.4 Å². The van der Waals surface area contributed by atoms with Crippen molar-refractivity contribution in [1.82, 2.24) is 4.98 Å². The molecule has 0 aliphatic rings. The van der Waals surface area contributed by atoms with Crippen molar-refractivity contribution in [3.8, 4) is 0 Å². The molecule has 0 amide bonds. The molecule has 0 fully saturated rings. The second-order valence-electron chi connectivity index (χ2n) is 3.52. The number of nitrogens with one attached hydrogen (secondary N) is 1. The van der Waals surface area contributed by atoms with Crippen LogP contribution in [0.5, 0.6) is 0 Å². The molecule has 0 saturated heterocycles. The van der Waals surface area contributed by atoms with Gasteiger partial charge in [0.2, 0.25) is 0 Å². The summed E-state index contributed by atoms with van der Waals surface area (Å²) in [5.74, 6) is 0.979. The van der Waals surface area contributed by atoms with Gasteiger partial charge in [0.15, 0.2) is 0 Å². The van der Waals surface area contributed by atoms with E-state index in [1.165, 1.54) is 10.9 Å². The molecule has 15 heavy (non-hydrogen) atoms. The fourth-order valence-electron chi connectivity index (χ4n) is 1.60. The number of aromatic nitrogens is 1. The summed E-state index contributed by atoms with van der Waals surface area (Å²) in [6, 6.07) is 8.29. The fraction of sp³-hybridized carbons (Fsp3) is 0.250. The highest BCUT2D eigenvalue weighted by Gasteiger charge is 2.02. The molecule has 0 atom stereocenters. The summed E-state index contributed by atoms with van der Waals surface area (Å²) in [6.07, 6.45) is 0. The molecule has 2 nitrogen and oxygen atoms in total. The first kappa shape index (κ1) is 10.4. The first-order valence-corrected chi connectivity index (χ1v) is 5.81. The molecule has 0 radical (unpaired) electrons. The van der Waals surface area contributed by atoms with Gasteiger partial charge in [-0.15, -0.1) is 0 Å². The maximum absolute atomic E-state index is 4.57. The largest absolute Gasteiger partial charge is 0.370 e. The number of anilines is 1. The number of aryl methyl sites for hydroxylation is 1. The van der Waals surface area contributed by atoms with E-state index >= 15 is 0 Å². The number of hydrogen-bond donors (Lipinski definition) is 1. The molecular weight excluding hydrogens is 252 g/mol. The molecule has 1 aromatic carbocycles. The lowest BCUT2D eigenvalue weighted by atomic mass is 10.1. The van der Waals surface area contributed by atoms with E-state index in [-0.39, 0.29) is 0 Å². The average molecular weight is 265 g/mol. The van der Waals surface area contributed by atoms with Crippen molar-refractivity contribution in [2.24, 2.45) is 0 Å². The van der Waals surface area contributed by atoms with Crippen molar-refractivity contribution in [2.75, 3.05) is 11.9 Å². The molecule has 0 aliphatic carbocycles. The second kappa shape index (κ2) is 4.19. The third kappa shape index (κ3) is 2.12. The van der Waals surface area contributed by atoms with Crippen LogP contribution in [0.2, 0.25) is 0 Å². The molecule has 78 valence electrons. The summed E-state index contributed by atoms with van der Waals surface area (Å²) in [4.78, 5) is 4.57. The Hall–Kier alpha value is -1.09. The van der Waals surface area contributed by atoms with Gasteiger partial charge in [-0.3, -0.25) is 0 Å². The molecular formula is C12H13BrN2. The molecule has 0 aliphatic heterocycles. The molecule has 2 aromatic rings. The Morgan fingerprint density at radius 2 is 2.13 bits per heavy atom. The highest BCUT2D eigenvalue weighted by Crippen LogP contribution is 2.22. The first-order chi connectivity index (χ1) is 7.20. The van der Waals surface area contributed by atoms with Gasteiger partial charge in [-0.25, -0.2) is 4.98 Å². The van der Waals surface area contributed by atoms with E-state index in [1.54, 1.807) is 0 Å². The van der Waals surface area contributed by atoms with E-state index in [4.69, 9.17) is 0 Å². The van der Waals surface area contributed by atoms with Crippen LogP contribution in [-0.4, -0.2) is 11.5 Å². The summed E-state index contributed by atoms with van der Waals surface area (Å²) >= 11 is 3.46. The monoisotopic (exact) mass is 264 g/mol. The molecule has 3 heteroatoms. The first-order valence-electron chi connectivity index (χ1n) is 5.01. The normalized spacial score (nSPS) is 10.6. The smallest absolute Gasteiger partial charge is 0.129 e. The van der Waals surface area contributed by atoms with Crippen molar-refractivity contribution in [1.29, 1.82) is 0 Å². The number of benzene rings is 1. The predicted molar refractivity (Wildman–Crippen MR) is 68.3 cm³/mol. The second-order valence-corrected chi connectivity index (χ2v) is 4.44. The molecule has 2 rings (SSSR count). The summed E-state index contributed by atoms with van der Waals surface area (Å²) in [6.45, 7) is 5.05. The quantitative estimate of drug-likeness (QED) is 0.894. The Morgan fingerprint density at radius 1 is 1.33 bits per heavy atom. The zero-order valence-corrected chi connectivity index (χ0v) is 10.4. The maximum atomic E-state index is 4.57. The van der Waals surface area contributed by atoms with Crippen LogP contribution in [-0.2, 0) is 0 Å². The molecule has 1 aromatic heterocycles. The molecule has 0 saturated carbocycles. The van der Waals surface area contributed by atoms with E-state index in [0.717, 1.165) is 22.4 Å². The van der Waals surface area contributed by atoms with Gasteiger partial charge in [0.1, 0.15) is 5.82 Å². The summed E-state index contributed by atoms with van der Waals surface area (Å²) in [5.41, 5.74) is 2.21. The topological polar surface area (TPSA) is 24.9 Å². The van der Waals surface area contributed by atoms with Gasteiger partial charge in [0.05, 0.1) is 5.52 Å². The van der Waals surface area contributed by atoms with Crippen molar-refractivity contribution < 1.29 is 0 Å².